The third-order valence-corrected chi connectivity index (χ3v) is 5.03. The fourth-order valence-corrected chi connectivity index (χ4v) is 3.59. The van der Waals surface area contributed by atoms with Crippen LogP contribution in [-0.2, 0) is 9.53 Å². The summed E-state index contributed by atoms with van der Waals surface area (Å²) in [6, 6.07) is 5.14. The normalized spacial score (nSPS) is 15.9. The fraction of sp³-hybridized carbons (Fsp3) is 0.444. The molecule has 2 aromatic rings. The summed E-state index contributed by atoms with van der Waals surface area (Å²) in [6.07, 6.45) is 2.93. The quantitative estimate of drug-likeness (QED) is 0.525. The molecule has 2 heterocycles. The van der Waals surface area contributed by atoms with E-state index in [0.29, 0.717) is 29.6 Å². The second-order valence-electron chi connectivity index (χ2n) is 6.25. The van der Waals surface area contributed by atoms with Gasteiger partial charge in [0.25, 0.3) is 0 Å². The van der Waals surface area contributed by atoms with Gasteiger partial charge in [-0.3, -0.25) is 0 Å². The molecule has 0 bridgehead atoms. The summed E-state index contributed by atoms with van der Waals surface area (Å²) < 4.78 is 13.2. The van der Waals surface area contributed by atoms with Crippen LogP contribution in [0.25, 0.3) is 0 Å². The van der Waals surface area contributed by atoms with Crippen molar-refractivity contribution < 1.29 is 14.3 Å². The molecule has 1 atom stereocenters. The number of rotatable bonds is 7. The Labute approximate surface area is 166 Å². The zero-order valence-corrected chi connectivity index (χ0v) is 17.1. The number of nitrogens with zero attached hydrogens (tertiary/aromatic N) is 4. The number of tetrazole rings is 1. The molecule has 0 fully saturated rings. The van der Waals surface area contributed by atoms with E-state index in [1.54, 1.807) is 11.8 Å². The van der Waals surface area contributed by atoms with E-state index in [1.807, 2.05) is 25.1 Å². The van der Waals surface area contributed by atoms with Crippen LogP contribution in [0.2, 0.25) is 0 Å². The zero-order valence-electron chi connectivity index (χ0n) is 15.5. The van der Waals surface area contributed by atoms with Crippen LogP contribution >= 0.6 is 15.9 Å². The summed E-state index contributed by atoms with van der Waals surface area (Å²) in [5.74, 6) is 0.815. The van der Waals surface area contributed by atoms with Crippen LogP contribution in [-0.4, -0.2) is 39.9 Å². The molecule has 1 N–H and O–H groups in total. The standard InChI is InChI=1S/C18H22BrN5O3/c1-4-5-6-9-27-17(25)15-11(2)20-18-21-22-23-24(18)16(15)12-7-8-14(26-3)13(19)10-12/h7-8,10,16H,4-6,9H2,1-3H3,(H,20,21,23)/t16-/m1/s1. The summed E-state index contributed by atoms with van der Waals surface area (Å²) in [7, 11) is 1.60. The average Bonchev–Trinajstić information content (AvgIpc) is 3.11. The van der Waals surface area contributed by atoms with Gasteiger partial charge >= 0.3 is 5.97 Å². The second kappa shape index (κ2) is 8.51. The maximum atomic E-state index is 12.9. The van der Waals surface area contributed by atoms with E-state index in [0.717, 1.165) is 29.3 Å². The lowest BCUT2D eigenvalue weighted by atomic mass is 9.95. The van der Waals surface area contributed by atoms with Gasteiger partial charge in [-0.25, -0.2) is 4.79 Å². The minimum atomic E-state index is -0.489. The zero-order chi connectivity index (χ0) is 19.4. The van der Waals surface area contributed by atoms with Crippen molar-refractivity contribution in [3.05, 3.63) is 39.5 Å². The molecule has 0 aliphatic carbocycles. The highest BCUT2D eigenvalue weighted by Crippen LogP contribution is 2.37. The van der Waals surface area contributed by atoms with Crippen LogP contribution in [0.15, 0.2) is 33.9 Å². The van der Waals surface area contributed by atoms with Gasteiger partial charge in [-0.1, -0.05) is 30.9 Å². The number of nitrogens with one attached hydrogen (secondary N) is 1. The Bertz CT molecular complexity index is 864. The molecule has 0 unspecified atom stereocenters. The number of unbranched alkanes of at least 4 members (excludes halogenated alkanes) is 2. The highest BCUT2D eigenvalue weighted by molar-refractivity contribution is 9.10. The molecule has 3 rings (SSSR count). The first-order valence-corrected chi connectivity index (χ1v) is 9.62. The molecule has 9 heteroatoms. The van der Waals surface area contributed by atoms with Crippen molar-refractivity contribution >= 4 is 27.8 Å². The number of anilines is 1. The lowest BCUT2D eigenvalue weighted by molar-refractivity contribution is -0.139. The van der Waals surface area contributed by atoms with Gasteiger partial charge in [0.1, 0.15) is 11.8 Å². The monoisotopic (exact) mass is 435 g/mol. The molecule has 1 aromatic heterocycles. The van der Waals surface area contributed by atoms with Crippen LogP contribution in [0.4, 0.5) is 5.95 Å². The molecule has 0 saturated carbocycles. The Hall–Kier alpha value is -2.42. The first-order valence-electron chi connectivity index (χ1n) is 8.83. The van der Waals surface area contributed by atoms with Crippen LogP contribution in [0.3, 0.4) is 0 Å². The van der Waals surface area contributed by atoms with E-state index in [9.17, 15) is 4.79 Å². The van der Waals surface area contributed by atoms with E-state index >= 15 is 0 Å². The summed E-state index contributed by atoms with van der Waals surface area (Å²) in [5.41, 5.74) is 2.01. The van der Waals surface area contributed by atoms with E-state index in [4.69, 9.17) is 9.47 Å². The van der Waals surface area contributed by atoms with Gasteiger partial charge in [-0.2, -0.15) is 4.68 Å². The molecular weight excluding hydrogens is 414 g/mol. The molecule has 0 radical (unpaired) electrons. The summed E-state index contributed by atoms with van der Waals surface area (Å²) in [6.45, 7) is 4.33. The Kier molecular flexibility index (Phi) is 6.10. The molecule has 27 heavy (non-hydrogen) atoms. The third-order valence-electron chi connectivity index (χ3n) is 4.41. The van der Waals surface area contributed by atoms with Gasteiger partial charge in [0.15, 0.2) is 0 Å². The summed E-state index contributed by atoms with van der Waals surface area (Å²) >= 11 is 3.50. The highest BCUT2D eigenvalue weighted by atomic mass is 79.9. The van der Waals surface area contributed by atoms with Gasteiger partial charge in [0, 0.05) is 5.70 Å². The Morgan fingerprint density at radius 2 is 2.19 bits per heavy atom. The van der Waals surface area contributed by atoms with E-state index < -0.39 is 6.04 Å². The topological polar surface area (TPSA) is 91.2 Å². The van der Waals surface area contributed by atoms with Crippen molar-refractivity contribution in [3.8, 4) is 5.75 Å². The van der Waals surface area contributed by atoms with E-state index in [-0.39, 0.29) is 5.97 Å². The second-order valence-corrected chi connectivity index (χ2v) is 7.10. The number of carbonyl (C=O) groups is 1. The maximum Gasteiger partial charge on any atom is 0.338 e. The van der Waals surface area contributed by atoms with Crippen molar-refractivity contribution in [3.63, 3.8) is 0 Å². The molecule has 0 saturated heterocycles. The van der Waals surface area contributed by atoms with Crippen molar-refractivity contribution in [2.75, 3.05) is 19.0 Å². The fourth-order valence-electron chi connectivity index (χ4n) is 3.03. The predicted octanol–water partition coefficient (Wildman–Crippen LogP) is 3.47. The first-order chi connectivity index (χ1) is 13.1. The van der Waals surface area contributed by atoms with Crippen LogP contribution in [0, 0.1) is 0 Å². The molecule has 8 nitrogen and oxygen atoms in total. The minimum Gasteiger partial charge on any atom is -0.496 e. The van der Waals surface area contributed by atoms with Crippen molar-refractivity contribution in [1.82, 2.24) is 20.2 Å². The number of methoxy groups -OCH3 is 1. The largest absolute Gasteiger partial charge is 0.496 e. The number of carbonyl (C=O) groups excluding carboxylic acids is 1. The molecule has 1 aliphatic rings. The summed E-state index contributed by atoms with van der Waals surface area (Å²) in [5, 5.41) is 14.9. The lowest BCUT2D eigenvalue weighted by Gasteiger charge is -2.27. The van der Waals surface area contributed by atoms with Gasteiger partial charge in [0.05, 0.1) is 23.8 Å². The molecule has 0 spiro atoms. The molecule has 0 amide bonds. The van der Waals surface area contributed by atoms with E-state index in [2.05, 4.69) is 43.7 Å². The maximum absolute atomic E-state index is 12.9. The Morgan fingerprint density at radius 1 is 1.37 bits per heavy atom. The number of esters is 1. The smallest absolute Gasteiger partial charge is 0.338 e. The number of hydrogen-bond donors (Lipinski definition) is 1. The van der Waals surface area contributed by atoms with Gasteiger partial charge < -0.3 is 14.8 Å². The molecule has 1 aliphatic heterocycles. The number of halogens is 1. The summed E-state index contributed by atoms with van der Waals surface area (Å²) in [4.78, 5) is 12.9. The highest BCUT2D eigenvalue weighted by Gasteiger charge is 2.35. The number of ether oxygens (including phenoxy) is 2. The number of benzene rings is 1. The van der Waals surface area contributed by atoms with Crippen LogP contribution < -0.4 is 10.1 Å². The SMILES string of the molecule is CCCCCOC(=O)C1=C(C)Nc2nnnn2[C@@H]1c1ccc(OC)c(Br)c1. The molecular formula is C18H22BrN5O3. The Balaban J connectivity index is 1.97. The van der Waals surface area contributed by atoms with Crippen LogP contribution in [0.1, 0.15) is 44.7 Å². The average molecular weight is 436 g/mol. The number of allylic oxidation sites excluding steroid dienone is 1. The predicted molar refractivity (Wildman–Crippen MR) is 103 cm³/mol. The van der Waals surface area contributed by atoms with Crippen molar-refractivity contribution in [2.24, 2.45) is 0 Å². The lowest BCUT2D eigenvalue weighted by Crippen LogP contribution is -2.29. The van der Waals surface area contributed by atoms with Gasteiger partial charge in [0.2, 0.25) is 5.95 Å². The first kappa shape index (κ1) is 19.3. The van der Waals surface area contributed by atoms with Gasteiger partial charge in [-0.05, 0) is 57.4 Å². The minimum absolute atomic E-state index is 0.366. The Morgan fingerprint density at radius 3 is 2.89 bits per heavy atom. The number of hydrogen-bond acceptors (Lipinski definition) is 7. The van der Waals surface area contributed by atoms with Crippen molar-refractivity contribution in [2.45, 2.75) is 39.2 Å². The van der Waals surface area contributed by atoms with Gasteiger partial charge in [-0.15, -0.1) is 0 Å². The van der Waals surface area contributed by atoms with Crippen LogP contribution in [0.5, 0.6) is 5.75 Å². The number of aromatic nitrogens is 4. The third kappa shape index (κ3) is 3.97. The van der Waals surface area contributed by atoms with Crippen molar-refractivity contribution in [1.29, 1.82) is 0 Å². The van der Waals surface area contributed by atoms with E-state index in [1.165, 1.54) is 0 Å². The number of fused-ring (bicyclic) bond motifs is 1. The molecule has 1 aromatic carbocycles. The molecule has 144 valence electrons.